The number of carboxylic acids is 2. The van der Waals surface area contributed by atoms with Gasteiger partial charge in [-0.3, -0.25) is 9.59 Å². The fourth-order valence-corrected chi connectivity index (χ4v) is 1.73. The van der Waals surface area contributed by atoms with Crippen LogP contribution >= 0.6 is 0 Å². The summed E-state index contributed by atoms with van der Waals surface area (Å²) in [4.78, 5) is 21.3. The van der Waals surface area contributed by atoms with E-state index in [4.69, 9.17) is 10.2 Å². The third-order valence-electron chi connectivity index (χ3n) is 2.83. The molecule has 0 saturated heterocycles. The normalized spacial score (nSPS) is 13.1. The molecule has 0 heterocycles. The number of hydrogen-bond donors (Lipinski definition) is 2. The van der Waals surface area contributed by atoms with Crippen LogP contribution in [0.15, 0.2) is 24.3 Å². The molecule has 0 aliphatic heterocycles. The van der Waals surface area contributed by atoms with Crippen LogP contribution in [0.2, 0.25) is 0 Å². The topological polar surface area (TPSA) is 74.6 Å². The van der Waals surface area contributed by atoms with Gasteiger partial charge in [-0.2, -0.15) is 0 Å². The van der Waals surface area contributed by atoms with Crippen molar-refractivity contribution in [3.8, 4) is 0 Å². The molecule has 0 saturated carbocycles. The van der Waals surface area contributed by atoms with Gasteiger partial charge >= 0.3 is 11.9 Å². The van der Waals surface area contributed by atoms with Gasteiger partial charge in [0.2, 0.25) is 0 Å². The summed E-state index contributed by atoms with van der Waals surface area (Å²) in [6.07, 6.45) is 13.4. The summed E-state index contributed by atoms with van der Waals surface area (Å²) in [5, 5.41) is 17.4. The molecule has 108 valence electrons. The fraction of sp³-hybridized carbons (Fsp3) is 0.600. The van der Waals surface area contributed by atoms with Gasteiger partial charge in [0.25, 0.3) is 0 Å². The summed E-state index contributed by atoms with van der Waals surface area (Å²) in [5.41, 5.74) is 0. The van der Waals surface area contributed by atoms with Gasteiger partial charge in [-0.05, 0) is 39.0 Å². The Morgan fingerprint density at radius 1 is 1.00 bits per heavy atom. The third kappa shape index (κ3) is 11.3. The van der Waals surface area contributed by atoms with Crippen LogP contribution < -0.4 is 0 Å². The number of allylic oxidation sites excluding steroid dienone is 4. The molecule has 0 fully saturated rings. The second-order valence-corrected chi connectivity index (χ2v) is 4.55. The molecule has 0 aromatic heterocycles. The van der Waals surface area contributed by atoms with E-state index in [2.05, 4.69) is 6.08 Å². The molecular weight excluding hydrogens is 244 g/mol. The quantitative estimate of drug-likeness (QED) is 0.443. The zero-order chi connectivity index (χ0) is 14.5. The van der Waals surface area contributed by atoms with Crippen LogP contribution in [0, 0.1) is 5.92 Å². The molecule has 0 aliphatic carbocycles. The van der Waals surface area contributed by atoms with E-state index >= 15 is 0 Å². The molecule has 0 aromatic rings. The molecule has 0 spiro atoms. The second kappa shape index (κ2) is 11.5. The summed E-state index contributed by atoms with van der Waals surface area (Å²) in [6, 6.07) is 0. The van der Waals surface area contributed by atoms with Gasteiger partial charge in [-0.15, -0.1) is 0 Å². The van der Waals surface area contributed by atoms with E-state index < -0.39 is 17.9 Å². The van der Waals surface area contributed by atoms with Crippen molar-refractivity contribution in [3.05, 3.63) is 24.3 Å². The van der Waals surface area contributed by atoms with Gasteiger partial charge in [0.05, 0.1) is 12.3 Å². The summed E-state index contributed by atoms with van der Waals surface area (Å²) in [7, 11) is 0. The van der Waals surface area contributed by atoms with E-state index in [1.807, 2.05) is 19.1 Å². The first-order chi connectivity index (χ1) is 9.07. The maximum absolute atomic E-state index is 10.8. The van der Waals surface area contributed by atoms with Crippen LogP contribution in [0.3, 0.4) is 0 Å². The van der Waals surface area contributed by atoms with Crippen molar-refractivity contribution in [2.75, 3.05) is 0 Å². The lowest BCUT2D eigenvalue weighted by Crippen LogP contribution is -2.16. The summed E-state index contributed by atoms with van der Waals surface area (Å²) >= 11 is 0. The summed E-state index contributed by atoms with van der Waals surface area (Å²) in [6.45, 7) is 2.01. The zero-order valence-electron chi connectivity index (χ0n) is 11.5. The van der Waals surface area contributed by atoms with Crippen LogP contribution in [-0.2, 0) is 9.59 Å². The number of unbranched alkanes of at least 4 members (excludes halogenated alkanes) is 4. The second-order valence-electron chi connectivity index (χ2n) is 4.55. The van der Waals surface area contributed by atoms with Gasteiger partial charge in [-0.1, -0.05) is 30.7 Å². The predicted octanol–water partition coefficient (Wildman–Crippen LogP) is 3.63. The van der Waals surface area contributed by atoms with E-state index in [1.165, 1.54) is 6.42 Å². The molecule has 4 nitrogen and oxygen atoms in total. The molecule has 4 heteroatoms. The van der Waals surface area contributed by atoms with E-state index in [-0.39, 0.29) is 6.42 Å². The largest absolute Gasteiger partial charge is 0.481 e. The Kier molecular flexibility index (Phi) is 10.6. The molecule has 19 heavy (non-hydrogen) atoms. The van der Waals surface area contributed by atoms with Crippen LogP contribution in [0.5, 0.6) is 0 Å². The Labute approximate surface area is 114 Å². The highest BCUT2D eigenvalue weighted by atomic mass is 16.4. The van der Waals surface area contributed by atoms with Crippen molar-refractivity contribution in [1.29, 1.82) is 0 Å². The van der Waals surface area contributed by atoms with Gasteiger partial charge in [0.1, 0.15) is 0 Å². The van der Waals surface area contributed by atoms with Crippen molar-refractivity contribution in [3.63, 3.8) is 0 Å². The minimum absolute atomic E-state index is 0.292. The molecule has 0 aromatic carbocycles. The minimum Gasteiger partial charge on any atom is -0.481 e. The van der Waals surface area contributed by atoms with Crippen molar-refractivity contribution >= 4 is 11.9 Å². The Morgan fingerprint density at radius 3 is 2.16 bits per heavy atom. The number of hydrogen-bond acceptors (Lipinski definition) is 2. The van der Waals surface area contributed by atoms with Crippen LogP contribution in [0.25, 0.3) is 0 Å². The Morgan fingerprint density at radius 2 is 1.63 bits per heavy atom. The molecule has 1 unspecified atom stereocenters. The van der Waals surface area contributed by atoms with Crippen LogP contribution in [0.1, 0.15) is 51.9 Å². The highest BCUT2D eigenvalue weighted by molar-refractivity contribution is 5.77. The third-order valence-corrected chi connectivity index (χ3v) is 2.83. The van der Waals surface area contributed by atoms with Crippen molar-refractivity contribution in [2.45, 2.75) is 51.9 Å². The van der Waals surface area contributed by atoms with E-state index in [0.717, 1.165) is 25.7 Å². The zero-order valence-corrected chi connectivity index (χ0v) is 11.5. The van der Waals surface area contributed by atoms with Crippen LogP contribution in [0.4, 0.5) is 0 Å². The lowest BCUT2D eigenvalue weighted by molar-refractivity contribution is -0.148. The molecule has 2 N–H and O–H groups in total. The Bertz CT molecular complexity index is 318. The van der Waals surface area contributed by atoms with Crippen molar-refractivity contribution < 1.29 is 19.8 Å². The Hall–Kier alpha value is -1.58. The van der Waals surface area contributed by atoms with Gasteiger partial charge < -0.3 is 10.2 Å². The standard InChI is InChI=1S/C15H24O4/c1-2-3-4-5-6-7-8-9-10-11-13(15(18)19)12-14(16)17/h2-3,9-10,13H,4-8,11-12H2,1H3,(H,16,17)(H,18,19)/b3-2+,10-9+. The molecule has 0 aliphatic rings. The van der Waals surface area contributed by atoms with Gasteiger partial charge in [0, 0.05) is 0 Å². The minimum atomic E-state index is -1.07. The highest BCUT2D eigenvalue weighted by Gasteiger charge is 2.18. The fourth-order valence-electron chi connectivity index (χ4n) is 1.73. The number of carbonyl (C=O) groups is 2. The molecule has 1 atom stereocenters. The first-order valence-electron chi connectivity index (χ1n) is 6.78. The average molecular weight is 268 g/mol. The first kappa shape index (κ1) is 17.4. The molecule has 0 radical (unpaired) electrons. The van der Waals surface area contributed by atoms with Gasteiger partial charge in [0.15, 0.2) is 0 Å². The number of aliphatic carboxylic acids is 2. The van der Waals surface area contributed by atoms with Crippen molar-refractivity contribution in [2.24, 2.45) is 5.92 Å². The highest BCUT2D eigenvalue weighted by Crippen LogP contribution is 2.11. The average Bonchev–Trinajstić information content (AvgIpc) is 2.34. The van der Waals surface area contributed by atoms with E-state index in [1.54, 1.807) is 6.08 Å². The molecule has 0 bridgehead atoms. The monoisotopic (exact) mass is 268 g/mol. The number of rotatable bonds is 11. The van der Waals surface area contributed by atoms with E-state index in [0.29, 0.717) is 6.42 Å². The van der Waals surface area contributed by atoms with Crippen LogP contribution in [-0.4, -0.2) is 22.2 Å². The summed E-state index contributed by atoms with van der Waals surface area (Å²) < 4.78 is 0. The maximum atomic E-state index is 10.8. The van der Waals surface area contributed by atoms with Crippen molar-refractivity contribution in [1.82, 2.24) is 0 Å². The molecular formula is C15H24O4. The Balaban J connectivity index is 3.69. The summed E-state index contributed by atoms with van der Waals surface area (Å²) in [5.74, 6) is -2.92. The maximum Gasteiger partial charge on any atom is 0.307 e. The van der Waals surface area contributed by atoms with E-state index in [9.17, 15) is 9.59 Å². The lowest BCUT2D eigenvalue weighted by Gasteiger charge is -2.05. The van der Waals surface area contributed by atoms with Gasteiger partial charge in [-0.25, -0.2) is 0 Å². The SMILES string of the molecule is C/C=C/CCCCC/C=C/CC(CC(=O)O)C(=O)O. The lowest BCUT2D eigenvalue weighted by atomic mass is 10.0. The first-order valence-corrected chi connectivity index (χ1v) is 6.78. The molecule has 0 rings (SSSR count). The number of carboxylic acid groups (broad SMARTS) is 2. The predicted molar refractivity (Wildman–Crippen MR) is 75.0 cm³/mol. The molecule has 0 amide bonds. The smallest absolute Gasteiger partial charge is 0.307 e.